The smallest absolute Gasteiger partial charge is 0.323 e. The van der Waals surface area contributed by atoms with Crippen LogP contribution in [0.3, 0.4) is 0 Å². The van der Waals surface area contributed by atoms with Gasteiger partial charge in [-0.05, 0) is 60.0 Å². The Morgan fingerprint density at radius 2 is 1.84 bits per heavy atom. The Morgan fingerprint density at radius 3 is 2.16 bits per heavy atom. The number of aliphatic carboxylic acids is 1. The first-order valence-electron chi connectivity index (χ1n) is 7.54. The van der Waals surface area contributed by atoms with Crippen LogP contribution in [0.4, 0.5) is 0 Å². The summed E-state index contributed by atoms with van der Waals surface area (Å²) < 4.78 is 0. The Morgan fingerprint density at radius 1 is 1.26 bits per heavy atom. The quantitative estimate of drug-likeness (QED) is 0.642. The molecule has 0 amide bonds. The van der Waals surface area contributed by atoms with E-state index in [4.69, 9.17) is 0 Å². The van der Waals surface area contributed by atoms with Gasteiger partial charge in [0.1, 0.15) is 5.54 Å². The molecule has 0 aromatic carbocycles. The number of nitrogens with zero attached hydrogens (tertiary/aromatic N) is 1. The van der Waals surface area contributed by atoms with Crippen molar-refractivity contribution in [3.05, 3.63) is 0 Å². The summed E-state index contributed by atoms with van der Waals surface area (Å²) in [5.41, 5.74) is -0.773. The third-order valence-corrected chi connectivity index (χ3v) is 3.76. The minimum atomic E-state index is -0.773. The van der Waals surface area contributed by atoms with Crippen LogP contribution < -0.4 is 5.32 Å². The van der Waals surface area contributed by atoms with Crippen molar-refractivity contribution in [3.8, 4) is 0 Å². The summed E-state index contributed by atoms with van der Waals surface area (Å²) in [5.74, 6) is -0.726. The standard InChI is InChI=1S/C15H32N2O2/c1-7-15(14(18)19,16-12(3)4)10-9-11-17(8-2)13(5)6/h12-13,16H,7-11H2,1-6H3,(H,18,19). The van der Waals surface area contributed by atoms with Crippen LogP contribution in [0.25, 0.3) is 0 Å². The molecule has 0 aliphatic heterocycles. The molecule has 0 saturated carbocycles. The summed E-state index contributed by atoms with van der Waals surface area (Å²) in [4.78, 5) is 14.0. The molecule has 0 spiro atoms. The fourth-order valence-electron chi connectivity index (χ4n) is 2.59. The highest BCUT2D eigenvalue weighted by molar-refractivity contribution is 5.78. The Kier molecular flexibility index (Phi) is 8.26. The molecule has 0 aliphatic rings. The van der Waals surface area contributed by atoms with Crippen LogP contribution in [0, 0.1) is 0 Å². The van der Waals surface area contributed by atoms with Crippen molar-refractivity contribution in [1.82, 2.24) is 10.2 Å². The van der Waals surface area contributed by atoms with Crippen molar-refractivity contribution in [2.75, 3.05) is 13.1 Å². The highest BCUT2D eigenvalue weighted by Gasteiger charge is 2.36. The van der Waals surface area contributed by atoms with E-state index in [2.05, 4.69) is 31.0 Å². The number of hydrogen-bond donors (Lipinski definition) is 2. The molecule has 0 fully saturated rings. The molecule has 114 valence electrons. The van der Waals surface area contributed by atoms with E-state index >= 15 is 0 Å². The van der Waals surface area contributed by atoms with Gasteiger partial charge in [-0.3, -0.25) is 10.1 Å². The second-order valence-electron chi connectivity index (χ2n) is 5.87. The normalized spacial score (nSPS) is 15.2. The maximum absolute atomic E-state index is 11.6. The molecule has 0 rings (SSSR count). The van der Waals surface area contributed by atoms with E-state index in [9.17, 15) is 9.90 Å². The minimum absolute atomic E-state index is 0.184. The summed E-state index contributed by atoms with van der Waals surface area (Å²) >= 11 is 0. The van der Waals surface area contributed by atoms with Gasteiger partial charge in [0, 0.05) is 12.1 Å². The predicted molar refractivity (Wildman–Crippen MR) is 80.5 cm³/mol. The SMILES string of the molecule is CCN(CCCC(CC)(NC(C)C)C(=O)O)C(C)C. The molecule has 4 nitrogen and oxygen atoms in total. The Hall–Kier alpha value is -0.610. The molecule has 1 atom stereocenters. The zero-order valence-electron chi connectivity index (χ0n) is 13.5. The minimum Gasteiger partial charge on any atom is -0.480 e. The van der Waals surface area contributed by atoms with Gasteiger partial charge < -0.3 is 10.0 Å². The number of hydrogen-bond acceptors (Lipinski definition) is 3. The fraction of sp³-hybridized carbons (Fsp3) is 0.933. The lowest BCUT2D eigenvalue weighted by molar-refractivity contribution is -0.145. The lowest BCUT2D eigenvalue weighted by atomic mass is 9.89. The molecule has 1 unspecified atom stereocenters. The molecule has 0 aromatic rings. The average Bonchev–Trinajstić information content (AvgIpc) is 2.31. The second kappa shape index (κ2) is 8.54. The van der Waals surface area contributed by atoms with Crippen LogP contribution in [-0.4, -0.2) is 46.7 Å². The summed E-state index contributed by atoms with van der Waals surface area (Å²) in [6.07, 6.45) is 2.21. The number of carbonyl (C=O) groups is 1. The summed E-state index contributed by atoms with van der Waals surface area (Å²) in [5, 5.41) is 12.8. The number of carboxylic acids is 1. The number of carboxylic acid groups (broad SMARTS) is 1. The summed E-state index contributed by atoms with van der Waals surface area (Å²) in [6.45, 7) is 14.4. The van der Waals surface area contributed by atoms with Gasteiger partial charge in [-0.15, -0.1) is 0 Å². The van der Waals surface area contributed by atoms with Crippen molar-refractivity contribution in [1.29, 1.82) is 0 Å². The molecular weight excluding hydrogens is 240 g/mol. The van der Waals surface area contributed by atoms with E-state index < -0.39 is 11.5 Å². The Labute approximate surface area is 118 Å². The molecule has 0 aromatic heterocycles. The van der Waals surface area contributed by atoms with Gasteiger partial charge in [-0.25, -0.2) is 0 Å². The Bertz CT molecular complexity index is 267. The molecule has 0 saturated heterocycles. The molecule has 19 heavy (non-hydrogen) atoms. The number of nitrogens with one attached hydrogen (secondary N) is 1. The zero-order chi connectivity index (χ0) is 15.1. The van der Waals surface area contributed by atoms with Crippen molar-refractivity contribution in [3.63, 3.8) is 0 Å². The maximum atomic E-state index is 11.6. The first-order chi connectivity index (χ1) is 8.79. The van der Waals surface area contributed by atoms with Gasteiger partial charge in [-0.2, -0.15) is 0 Å². The van der Waals surface area contributed by atoms with E-state index in [1.807, 2.05) is 20.8 Å². The number of rotatable bonds is 10. The van der Waals surface area contributed by atoms with E-state index in [-0.39, 0.29) is 6.04 Å². The summed E-state index contributed by atoms with van der Waals surface area (Å²) in [6, 6.07) is 0.701. The van der Waals surface area contributed by atoms with Crippen LogP contribution in [0.15, 0.2) is 0 Å². The second-order valence-corrected chi connectivity index (χ2v) is 5.87. The van der Waals surface area contributed by atoms with Crippen LogP contribution in [-0.2, 0) is 4.79 Å². The van der Waals surface area contributed by atoms with Gasteiger partial charge >= 0.3 is 5.97 Å². The molecule has 0 heterocycles. The molecule has 4 heteroatoms. The fourth-order valence-corrected chi connectivity index (χ4v) is 2.59. The molecule has 0 bridgehead atoms. The van der Waals surface area contributed by atoms with Gasteiger partial charge in [0.2, 0.25) is 0 Å². The first kappa shape index (κ1) is 18.4. The van der Waals surface area contributed by atoms with E-state index in [1.54, 1.807) is 0 Å². The van der Waals surface area contributed by atoms with Crippen molar-refractivity contribution in [2.24, 2.45) is 0 Å². The van der Waals surface area contributed by atoms with E-state index in [0.717, 1.165) is 19.5 Å². The highest BCUT2D eigenvalue weighted by Crippen LogP contribution is 2.20. The van der Waals surface area contributed by atoms with Crippen LogP contribution >= 0.6 is 0 Å². The van der Waals surface area contributed by atoms with Gasteiger partial charge in [-0.1, -0.05) is 13.8 Å². The van der Waals surface area contributed by atoms with Gasteiger partial charge in [0.15, 0.2) is 0 Å². The topological polar surface area (TPSA) is 52.6 Å². The van der Waals surface area contributed by atoms with Gasteiger partial charge in [0.25, 0.3) is 0 Å². The third kappa shape index (κ3) is 5.91. The molecular formula is C15H32N2O2. The van der Waals surface area contributed by atoms with Crippen LogP contribution in [0.2, 0.25) is 0 Å². The highest BCUT2D eigenvalue weighted by atomic mass is 16.4. The first-order valence-corrected chi connectivity index (χ1v) is 7.54. The van der Waals surface area contributed by atoms with Gasteiger partial charge in [0.05, 0.1) is 0 Å². The lowest BCUT2D eigenvalue weighted by Gasteiger charge is -2.33. The Balaban J connectivity index is 4.54. The third-order valence-electron chi connectivity index (χ3n) is 3.76. The summed E-state index contributed by atoms with van der Waals surface area (Å²) in [7, 11) is 0. The van der Waals surface area contributed by atoms with Crippen LogP contribution in [0.5, 0.6) is 0 Å². The molecule has 0 aliphatic carbocycles. The van der Waals surface area contributed by atoms with Crippen LogP contribution in [0.1, 0.15) is 60.8 Å². The van der Waals surface area contributed by atoms with E-state index in [0.29, 0.717) is 18.9 Å². The van der Waals surface area contributed by atoms with Crippen molar-refractivity contribution >= 4 is 5.97 Å². The molecule has 0 radical (unpaired) electrons. The average molecular weight is 272 g/mol. The lowest BCUT2D eigenvalue weighted by Crippen LogP contribution is -2.54. The monoisotopic (exact) mass is 272 g/mol. The van der Waals surface area contributed by atoms with Crippen molar-refractivity contribution < 1.29 is 9.90 Å². The largest absolute Gasteiger partial charge is 0.480 e. The maximum Gasteiger partial charge on any atom is 0.323 e. The van der Waals surface area contributed by atoms with Crippen molar-refractivity contribution in [2.45, 2.75) is 78.4 Å². The predicted octanol–water partition coefficient (Wildman–Crippen LogP) is 2.73. The zero-order valence-corrected chi connectivity index (χ0v) is 13.5. The van der Waals surface area contributed by atoms with E-state index in [1.165, 1.54) is 0 Å². The molecule has 2 N–H and O–H groups in total.